The molecule has 2 atom stereocenters. The van der Waals surface area contributed by atoms with Crippen LogP contribution in [0.4, 0.5) is 0 Å². The first-order valence-corrected chi connectivity index (χ1v) is 10.2. The third kappa shape index (κ3) is 4.50. The fraction of sp³-hybridized carbons (Fsp3) is 0.923. The minimum atomic E-state index is -0.888. The number of ketones is 1. The lowest BCUT2D eigenvalue weighted by Crippen LogP contribution is -2.19. The van der Waals surface area contributed by atoms with E-state index in [2.05, 4.69) is 26.6 Å². The molecule has 1 aliphatic rings. The fourth-order valence-electron chi connectivity index (χ4n) is 2.54. The summed E-state index contributed by atoms with van der Waals surface area (Å²) in [7, 11) is -0.888. The maximum absolute atomic E-state index is 11.7. The Labute approximate surface area is 95.7 Å². The van der Waals surface area contributed by atoms with E-state index in [0.717, 1.165) is 6.42 Å². The van der Waals surface area contributed by atoms with Crippen molar-refractivity contribution < 1.29 is 4.79 Å². The number of carbonyl (C=O) groups is 1. The highest BCUT2D eigenvalue weighted by atomic mass is 28.3. The Hall–Kier alpha value is -0.113. The van der Waals surface area contributed by atoms with Gasteiger partial charge in [-0.1, -0.05) is 45.5 Å². The molecule has 88 valence electrons. The Kier molecular flexibility index (Phi) is 4.57. The molecule has 1 aliphatic carbocycles. The zero-order chi connectivity index (χ0) is 11.5. The lowest BCUT2D eigenvalue weighted by molar-refractivity contribution is -0.120. The second-order valence-corrected chi connectivity index (χ2v) is 12.0. The molecular weight excluding hydrogens is 200 g/mol. The van der Waals surface area contributed by atoms with Crippen molar-refractivity contribution >= 4 is 13.9 Å². The van der Waals surface area contributed by atoms with Crippen molar-refractivity contribution in [2.75, 3.05) is 0 Å². The summed E-state index contributed by atoms with van der Waals surface area (Å²) in [5.74, 6) is 1.68. The van der Waals surface area contributed by atoms with Gasteiger partial charge in [0, 0.05) is 20.4 Å². The topological polar surface area (TPSA) is 17.1 Å². The Morgan fingerprint density at radius 1 is 1.33 bits per heavy atom. The van der Waals surface area contributed by atoms with Crippen LogP contribution in [0, 0.1) is 11.8 Å². The van der Waals surface area contributed by atoms with E-state index in [1.165, 1.54) is 31.7 Å². The molecule has 1 fully saturated rings. The molecule has 0 aromatic heterocycles. The molecule has 0 aromatic carbocycles. The van der Waals surface area contributed by atoms with Crippen LogP contribution in [0.15, 0.2) is 0 Å². The van der Waals surface area contributed by atoms with Crippen molar-refractivity contribution in [2.24, 2.45) is 11.8 Å². The summed E-state index contributed by atoms with van der Waals surface area (Å²) in [6.07, 6.45) is 5.69. The van der Waals surface area contributed by atoms with E-state index in [9.17, 15) is 4.79 Å². The summed E-state index contributed by atoms with van der Waals surface area (Å²) < 4.78 is 0. The van der Waals surface area contributed by atoms with E-state index in [1.807, 2.05) is 0 Å². The van der Waals surface area contributed by atoms with E-state index in [1.54, 1.807) is 0 Å². The van der Waals surface area contributed by atoms with E-state index < -0.39 is 8.07 Å². The van der Waals surface area contributed by atoms with Gasteiger partial charge in [0.15, 0.2) is 0 Å². The van der Waals surface area contributed by atoms with Gasteiger partial charge in [0.25, 0.3) is 0 Å². The molecule has 1 nitrogen and oxygen atoms in total. The largest absolute Gasteiger partial charge is 0.299 e. The molecule has 0 aliphatic heterocycles. The molecule has 1 saturated carbocycles. The predicted molar refractivity (Wildman–Crippen MR) is 68.9 cm³/mol. The third-order valence-electron chi connectivity index (χ3n) is 3.62. The first-order valence-electron chi connectivity index (χ1n) is 6.45. The zero-order valence-electron chi connectivity index (χ0n) is 10.8. The van der Waals surface area contributed by atoms with Crippen LogP contribution in [0.25, 0.3) is 0 Å². The molecule has 1 rings (SSSR count). The molecule has 0 amide bonds. The highest BCUT2D eigenvalue weighted by Gasteiger charge is 2.30. The van der Waals surface area contributed by atoms with Crippen LogP contribution in [0.2, 0.25) is 25.7 Å². The monoisotopic (exact) mass is 226 g/mol. The van der Waals surface area contributed by atoms with Crippen LogP contribution in [0.1, 0.15) is 39.0 Å². The van der Waals surface area contributed by atoms with Gasteiger partial charge in [0.2, 0.25) is 0 Å². The van der Waals surface area contributed by atoms with E-state index in [4.69, 9.17) is 0 Å². The number of carbonyl (C=O) groups excluding carboxylic acids is 1. The first-order chi connectivity index (χ1) is 6.92. The zero-order valence-corrected chi connectivity index (χ0v) is 11.8. The summed E-state index contributed by atoms with van der Waals surface area (Å²) >= 11 is 0. The van der Waals surface area contributed by atoms with Crippen LogP contribution >= 0.6 is 0 Å². The Morgan fingerprint density at radius 3 is 2.47 bits per heavy atom. The molecule has 0 bridgehead atoms. The Balaban J connectivity index is 2.25. The van der Waals surface area contributed by atoms with Crippen LogP contribution in [-0.2, 0) is 4.79 Å². The number of hydrogen-bond donors (Lipinski definition) is 0. The normalized spacial score (nSPS) is 27.3. The van der Waals surface area contributed by atoms with Crippen molar-refractivity contribution in [1.29, 1.82) is 0 Å². The molecule has 2 heteroatoms. The predicted octanol–water partition coefficient (Wildman–Crippen LogP) is 4.11. The first kappa shape index (κ1) is 13.0. The van der Waals surface area contributed by atoms with Crippen molar-refractivity contribution in [3.63, 3.8) is 0 Å². The van der Waals surface area contributed by atoms with Gasteiger partial charge in [-0.25, -0.2) is 0 Å². The van der Waals surface area contributed by atoms with E-state index in [0.29, 0.717) is 17.6 Å². The van der Waals surface area contributed by atoms with Gasteiger partial charge in [0.1, 0.15) is 5.78 Å². The van der Waals surface area contributed by atoms with Gasteiger partial charge in [-0.3, -0.25) is 4.79 Å². The van der Waals surface area contributed by atoms with Gasteiger partial charge < -0.3 is 0 Å². The van der Waals surface area contributed by atoms with Crippen LogP contribution in [-0.4, -0.2) is 13.9 Å². The van der Waals surface area contributed by atoms with Gasteiger partial charge in [0.05, 0.1) is 0 Å². The smallest absolute Gasteiger partial charge is 0.136 e. The summed E-state index contributed by atoms with van der Waals surface area (Å²) in [6, 6.07) is 1.38. The molecule has 0 saturated heterocycles. The van der Waals surface area contributed by atoms with Gasteiger partial charge in [-0.05, 0) is 18.8 Å². The standard InChI is InChI=1S/C13H26OSi/c1-5-11-9-12(13(14)10-11)7-6-8-15(2,3)4/h11-12H,5-10H2,1-4H3/t11-,12+/m0/s1. The summed E-state index contributed by atoms with van der Waals surface area (Å²) in [6.45, 7) is 9.46. The van der Waals surface area contributed by atoms with Crippen LogP contribution in [0.3, 0.4) is 0 Å². The van der Waals surface area contributed by atoms with E-state index in [-0.39, 0.29) is 0 Å². The second kappa shape index (κ2) is 5.29. The fourth-order valence-corrected chi connectivity index (χ4v) is 3.80. The molecule has 15 heavy (non-hydrogen) atoms. The average molecular weight is 226 g/mol. The van der Waals surface area contributed by atoms with Crippen molar-refractivity contribution in [3.05, 3.63) is 0 Å². The molecular formula is C13H26OSi. The molecule has 0 aromatic rings. The van der Waals surface area contributed by atoms with Gasteiger partial charge in [-0.2, -0.15) is 0 Å². The summed E-state index contributed by atoms with van der Waals surface area (Å²) in [4.78, 5) is 11.7. The lowest BCUT2D eigenvalue weighted by atomic mass is 9.99. The Morgan fingerprint density at radius 2 is 2.00 bits per heavy atom. The molecule has 0 radical (unpaired) electrons. The highest BCUT2D eigenvalue weighted by Crippen LogP contribution is 2.33. The van der Waals surface area contributed by atoms with Gasteiger partial charge >= 0.3 is 0 Å². The van der Waals surface area contributed by atoms with Crippen molar-refractivity contribution in [3.8, 4) is 0 Å². The van der Waals surface area contributed by atoms with E-state index >= 15 is 0 Å². The maximum atomic E-state index is 11.7. The third-order valence-corrected chi connectivity index (χ3v) is 5.47. The lowest BCUT2D eigenvalue weighted by Gasteiger charge is -2.16. The van der Waals surface area contributed by atoms with Crippen LogP contribution in [0.5, 0.6) is 0 Å². The quantitative estimate of drug-likeness (QED) is 0.645. The van der Waals surface area contributed by atoms with Crippen molar-refractivity contribution in [1.82, 2.24) is 0 Å². The molecule has 0 spiro atoms. The Bertz CT molecular complexity index is 217. The number of hydrogen-bond acceptors (Lipinski definition) is 1. The highest BCUT2D eigenvalue weighted by molar-refractivity contribution is 6.76. The maximum Gasteiger partial charge on any atom is 0.136 e. The number of rotatable bonds is 5. The van der Waals surface area contributed by atoms with Crippen molar-refractivity contribution in [2.45, 2.75) is 64.7 Å². The van der Waals surface area contributed by atoms with Crippen LogP contribution < -0.4 is 0 Å². The molecule has 0 unspecified atom stereocenters. The molecule has 0 N–H and O–H groups in total. The number of Topliss-reactive ketones (excluding diaryl/α,β-unsaturated/α-hetero) is 1. The molecule has 0 heterocycles. The minimum absolute atomic E-state index is 0.423. The summed E-state index contributed by atoms with van der Waals surface area (Å²) in [5.41, 5.74) is 0. The van der Waals surface area contributed by atoms with Gasteiger partial charge in [-0.15, -0.1) is 0 Å². The second-order valence-electron chi connectivity index (χ2n) is 6.33. The average Bonchev–Trinajstić information content (AvgIpc) is 2.45. The summed E-state index contributed by atoms with van der Waals surface area (Å²) in [5, 5.41) is 0. The minimum Gasteiger partial charge on any atom is -0.299 e. The SMILES string of the molecule is CC[C@@H]1CC(=O)[C@H](CCC[Si](C)(C)C)C1.